The van der Waals surface area contributed by atoms with Gasteiger partial charge in [0.25, 0.3) is 5.91 Å². The third kappa shape index (κ3) is 1.31. The van der Waals surface area contributed by atoms with Gasteiger partial charge in [-0.2, -0.15) is 5.26 Å². The number of hydrogen-bond donors (Lipinski definition) is 0. The molecule has 0 aromatic carbocycles. The SMILES string of the molecule is N#C[C@@H]1C=C(Br)C=NC1=O. The smallest absolute Gasteiger partial charge is 0.266 e. The zero-order chi connectivity index (χ0) is 7.56. The first-order valence-corrected chi connectivity index (χ1v) is 3.38. The number of allylic oxidation sites excluding steroid dienone is 1. The number of dihydropyridines is 1. The highest BCUT2D eigenvalue weighted by molar-refractivity contribution is 9.12. The summed E-state index contributed by atoms with van der Waals surface area (Å²) in [5, 5.41) is 8.37. The van der Waals surface area contributed by atoms with Gasteiger partial charge in [0, 0.05) is 10.7 Å². The van der Waals surface area contributed by atoms with Crippen molar-refractivity contribution in [3.8, 4) is 6.07 Å². The van der Waals surface area contributed by atoms with E-state index in [1.54, 1.807) is 0 Å². The van der Waals surface area contributed by atoms with Crippen LogP contribution in [0.3, 0.4) is 0 Å². The molecule has 0 radical (unpaired) electrons. The van der Waals surface area contributed by atoms with Crippen molar-refractivity contribution in [3.63, 3.8) is 0 Å². The molecule has 0 saturated carbocycles. The van der Waals surface area contributed by atoms with Crippen LogP contribution in [-0.4, -0.2) is 12.1 Å². The predicted octanol–water partition coefficient (Wildman–Crippen LogP) is 1.02. The van der Waals surface area contributed by atoms with Crippen LogP contribution in [-0.2, 0) is 4.79 Å². The van der Waals surface area contributed by atoms with Crippen molar-refractivity contribution in [2.45, 2.75) is 0 Å². The molecular formula is C6H3BrN2O. The fraction of sp³-hybridized carbons (Fsp3) is 0.167. The van der Waals surface area contributed by atoms with Gasteiger partial charge in [-0.1, -0.05) is 0 Å². The number of carbonyl (C=O) groups is 1. The maximum absolute atomic E-state index is 10.7. The summed E-state index contributed by atoms with van der Waals surface area (Å²) >= 11 is 3.11. The molecule has 0 unspecified atom stereocenters. The lowest BCUT2D eigenvalue weighted by molar-refractivity contribution is -0.118. The lowest BCUT2D eigenvalue weighted by Gasteiger charge is -2.01. The molecule has 0 aromatic heterocycles. The maximum Gasteiger partial charge on any atom is 0.266 e. The number of halogens is 1. The van der Waals surface area contributed by atoms with E-state index in [1.165, 1.54) is 12.3 Å². The largest absolute Gasteiger partial charge is 0.271 e. The molecule has 0 N–H and O–H groups in total. The van der Waals surface area contributed by atoms with Crippen molar-refractivity contribution in [3.05, 3.63) is 10.6 Å². The molecule has 10 heavy (non-hydrogen) atoms. The molecule has 1 heterocycles. The summed E-state index contributed by atoms with van der Waals surface area (Å²) in [6.07, 6.45) is 2.91. The molecule has 4 heteroatoms. The van der Waals surface area contributed by atoms with Crippen LogP contribution in [0.5, 0.6) is 0 Å². The van der Waals surface area contributed by atoms with Crippen LogP contribution in [0.15, 0.2) is 15.6 Å². The van der Waals surface area contributed by atoms with E-state index < -0.39 is 11.8 Å². The topological polar surface area (TPSA) is 53.2 Å². The molecule has 0 fully saturated rings. The van der Waals surface area contributed by atoms with Crippen LogP contribution in [0.1, 0.15) is 0 Å². The van der Waals surface area contributed by atoms with E-state index in [4.69, 9.17) is 5.26 Å². The van der Waals surface area contributed by atoms with Crippen molar-refractivity contribution in [1.82, 2.24) is 0 Å². The normalized spacial score (nSPS) is 23.8. The fourth-order valence-corrected chi connectivity index (χ4v) is 0.938. The Hall–Kier alpha value is -0.950. The number of hydrogen-bond acceptors (Lipinski definition) is 2. The van der Waals surface area contributed by atoms with E-state index >= 15 is 0 Å². The first-order valence-electron chi connectivity index (χ1n) is 2.59. The molecule has 50 valence electrons. The lowest BCUT2D eigenvalue weighted by atomic mass is 10.1. The standard InChI is InChI=1S/C6H3BrN2O/c7-5-1-4(2-8)6(10)9-3-5/h1,3-4H/t4-/m0/s1. The number of carbonyl (C=O) groups excluding carboxylic acids is 1. The highest BCUT2D eigenvalue weighted by atomic mass is 79.9. The van der Waals surface area contributed by atoms with Crippen LogP contribution in [0, 0.1) is 17.2 Å². The van der Waals surface area contributed by atoms with E-state index in [1.807, 2.05) is 6.07 Å². The zero-order valence-corrected chi connectivity index (χ0v) is 6.50. The summed E-state index contributed by atoms with van der Waals surface area (Å²) in [6.45, 7) is 0. The minimum absolute atomic E-state index is 0.397. The van der Waals surface area contributed by atoms with Crippen LogP contribution in [0.2, 0.25) is 0 Å². The van der Waals surface area contributed by atoms with Crippen molar-refractivity contribution in [2.24, 2.45) is 10.9 Å². The van der Waals surface area contributed by atoms with Crippen LogP contribution < -0.4 is 0 Å². The first-order chi connectivity index (χ1) is 4.74. The van der Waals surface area contributed by atoms with Gasteiger partial charge in [0.1, 0.15) is 5.92 Å². The number of aliphatic imine (C=N–C) groups is 1. The van der Waals surface area contributed by atoms with E-state index in [0.717, 1.165) is 0 Å². The predicted molar refractivity (Wildman–Crippen MR) is 39.6 cm³/mol. The molecular weight excluding hydrogens is 196 g/mol. The Balaban J connectivity index is 2.90. The van der Waals surface area contributed by atoms with Crippen molar-refractivity contribution < 1.29 is 4.79 Å². The molecule has 3 nitrogen and oxygen atoms in total. The highest BCUT2D eigenvalue weighted by Gasteiger charge is 2.16. The summed E-state index contributed by atoms with van der Waals surface area (Å²) in [6, 6.07) is 1.81. The van der Waals surface area contributed by atoms with Gasteiger partial charge in [0.05, 0.1) is 6.07 Å². The van der Waals surface area contributed by atoms with Crippen LogP contribution >= 0.6 is 15.9 Å². The van der Waals surface area contributed by atoms with Gasteiger partial charge in [-0.25, -0.2) is 4.99 Å². The van der Waals surface area contributed by atoms with Crippen molar-refractivity contribution >= 4 is 28.1 Å². The minimum atomic E-state index is -0.709. The second-order valence-electron chi connectivity index (χ2n) is 1.75. The molecule has 1 atom stereocenters. The Bertz CT molecular complexity index is 261. The zero-order valence-electron chi connectivity index (χ0n) is 4.91. The average molecular weight is 199 g/mol. The molecule has 0 aliphatic carbocycles. The Labute approximate surface area is 66.2 Å². The van der Waals surface area contributed by atoms with Gasteiger partial charge >= 0.3 is 0 Å². The summed E-state index contributed by atoms with van der Waals surface area (Å²) in [7, 11) is 0. The summed E-state index contributed by atoms with van der Waals surface area (Å²) < 4.78 is 0.679. The quantitative estimate of drug-likeness (QED) is 0.584. The molecule has 0 aromatic rings. The van der Waals surface area contributed by atoms with Crippen LogP contribution in [0.4, 0.5) is 0 Å². The first kappa shape index (κ1) is 7.16. The van der Waals surface area contributed by atoms with Gasteiger partial charge in [-0.05, 0) is 22.0 Å². The van der Waals surface area contributed by atoms with E-state index in [2.05, 4.69) is 20.9 Å². The van der Waals surface area contributed by atoms with Gasteiger partial charge in [0.15, 0.2) is 0 Å². The molecule has 1 rings (SSSR count). The van der Waals surface area contributed by atoms with Gasteiger partial charge in [-0.3, -0.25) is 4.79 Å². The van der Waals surface area contributed by atoms with Crippen molar-refractivity contribution in [2.75, 3.05) is 0 Å². The number of amides is 1. The average Bonchev–Trinajstić information content (AvgIpc) is 1.94. The second-order valence-corrected chi connectivity index (χ2v) is 2.67. The third-order valence-corrected chi connectivity index (χ3v) is 1.52. The molecule has 1 amide bonds. The molecule has 0 saturated heterocycles. The fourth-order valence-electron chi connectivity index (χ4n) is 0.572. The van der Waals surface area contributed by atoms with Gasteiger partial charge in [0.2, 0.25) is 0 Å². The lowest BCUT2D eigenvalue weighted by Crippen LogP contribution is -2.11. The second kappa shape index (κ2) is 2.76. The summed E-state index contributed by atoms with van der Waals surface area (Å²) in [4.78, 5) is 14.1. The van der Waals surface area contributed by atoms with E-state index in [-0.39, 0.29) is 0 Å². The molecule has 0 bridgehead atoms. The van der Waals surface area contributed by atoms with Crippen LogP contribution in [0.25, 0.3) is 0 Å². The summed E-state index contributed by atoms with van der Waals surface area (Å²) in [5.74, 6) is -1.11. The molecule has 0 spiro atoms. The number of nitrogens with zero attached hydrogens (tertiary/aromatic N) is 2. The Morgan fingerprint density at radius 1 is 1.80 bits per heavy atom. The minimum Gasteiger partial charge on any atom is -0.271 e. The van der Waals surface area contributed by atoms with E-state index in [9.17, 15) is 4.79 Å². The maximum atomic E-state index is 10.7. The van der Waals surface area contributed by atoms with Gasteiger partial charge in [-0.15, -0.1) is 0 Å². The molecule has 1 aliphatic heterocycles. The van der Waals surface area contributed by atoms with Gasteiger partial charge < -0.3 is 0 Å². The Morgan fingerprint density at radius 3 is 3.00 bits per heavy atom. The monoisotopic (exact) mass is 198 g/mol. The van der Waals surface area contributed by atoms with Crippen molar-refractivity contribution in [1.29, 1.82) is 5.26 Å². The number of rotatable bonds is 0. The Morgan fingerprint density at radius 2 is 2.50 bits per heavy atom. The summed E-state index contributed by atoms with van der Waals surface area (Å²) in [5.41, 5.74) is 0. The highest BCUT2D eigenvalue weighted by Crippen LogP contribution is 2.13. The Kier molecular flexibility index (Phi) is 1.97. The molecule has 1 aliphatic rings. The third-order valence-electron chi connectivity index (χ3n) is 1.05. The van der Waals surface area contributed by atoms with E-state index in [0.29, 0.717) is 4.48 Å². The number of nitriles is 1.